The second-order valence-electron chi connectivity index (χ2n) is 2.70. The number of aromatic nitrogens is 1. The van der Waals surface area contributed by atoms with Gasteiger partial charge in [-0.25, -0.2) is 9.37 Å². The molecule has 0 fully saturated rings. The van der Waals surface area contributed by atoms with Crippen molar-refractivity contribution in [2.24, 2.45) is 0 Å². The van der Waals surface area contributed by atoms with Crippen molar-refractivity contribution in [2.75, 3.05) is 11.2 Å². The molecule has 1 heterocycles. The van der Waals surface area contributed by atoms with Crippen molar-refractivity contribution in [3.8, 4) is 0 Å². The largest absolute Gasteiger partial charge is 0.311 e. The lowest BCUT2D eigenvalue weighted by Crippen LogP contribution is -2.12. The number of nitrogens with zero attached hydrogens (tertiary/aromatic N) is 1. The third kappa shape index (κ3) is 3.70. The number of amides is 1. The summed E-state index contributed by atoms with van der Waals surface area (Å²) in [6, 6.07) is 2.65. The summed E-state index contributed by atoms with van der Waals surface area (Å²) in [5.74, 6) is 0.212. The first-order chi connectivity index (χ1) is 6.72. The number of halogens is 2. The van der Waals surface area contributed by atoms with Gasteiger partial charge in [-0.1, -0.05) is 0 Å². The summed E-state index contributed by atoms with van der Waals surface area (Å²) >= 11 is 5.42. The van der Waals surface area contributed by atoms with Gasteiger partial charge in [-0.15, -0.1) is 11.6 Å². The fourth-order valence-electron chi connectivity index (χ4n) is 0.882. The molecule has 0 atom stereocenters. The highest BCUT2D eigenvalue weighted by molar-refractivity contribution is 6.18. The van der Waals surface area contributed by atoms with E-state index >= 15 is 0 Å². The minimum atomic E-state index is -0.427. The molecule has 14 heavy (non-hydrogen) atoms. The molecular weight excluding hydrogens is 207 g/mol. The van der Waals surface area contributed by atoms with Crippen LogP contribution in [0.1, 0.15) is 12.8 Å². The van der Waals surface area contributed by atoms with E-state index in [-0.39, 0.29) is 5.91 Å². The van der Waals surface area contributed by atoms with Gasteiger partial charge in [-0.3, -0.25) is 4.79 Å². The number of hydrogen-bond acceptors (Lipinski definition) is 2. The summed E-state index contributed by atoms with van der Waals surface area (Å²) < 4.78 is 12.4. The number of nitrogens with one attached hydrogen (secondary N) is 1. The zero-order valence-corrected chi connectivity index (χ0v) is 8.22. The Morgan fingerprint density at radius 3 is 2.93 bits per heavy atom. The number of alkyl halides is 1. The average molecular weight is 217 g/mol. The van der Waals surface area contributed by atoms with Crippen molar-refractivity contribution in [2.45, 2.75) is 12.8 Å². The van der Waals surface area contributed by atoms with Gasteiger partial charge in [0, 0.05) is 12.3 Å². The Morgan fingerprint density at radius 2 is 2.36 bits per heavy atom. The van der Waals surface area contributed by atoms with Gasteiger partial charge in [0.15, 0.2) is 0 Å². The lowest BCUT2D eigenvalue weighted by molar-refractivity contribution is -0.116. The monoisotopic (exact) mass is 216 g/mol. The molecule has 0 aliphatic carbocycles. The van der Waals surface area contributed by atoms with Crippen LogP contribution in [-0.4, -0.2) is 16.8 Å². The van der Waals surface area contributed by atoms with E-state index < -0.39 is 5.82 Å². The summed E-state index contributed by atoms with van der Waals surface area (Å²) in [7, 11) is 0. The first-order valence-corrected chi connectivity index (χ1v) is 4.73. The number of pyridine rings is 1. The molecule has 1 rings (SSSR count). The Morgan fingerprint density at radius 1 is 1.57 bits per heavy atom. The third-order valence-corrected chi connectivity index (χ3v) is 1.80. The molecular formula is C9H10ClFN2O. The smallest absolute Gasteiger partial charge is 0.225 e. The molecule has 1 N–H and O–H groups in total. The predicted molar refractivity (Wildman–Crippen MR) is 52.8 cm³/mol. The predicted octanol–water partition coefficient (Wildman–Crippen LogP) is 2.18. The van der Waals surface area contributed by atoms with Crippen LogP contribution in [0.2, 0.25) is 0 Å². The number of anilines is 1. The first-order valence-electron chi connectivity index (χ1n) is 4.20. The maximum absolute atomic E-state index is 12.4. The molecule has 0 bridgehead atoms. The van der Waals surface area contributed by atoms with Crippen LogP contribution in [0.5, 0.6) is 0 Å². The standard InChI is InChI=1S/C9H10ClFN2O/c10-5-1-2-9(14)13-8-4-3-7(11)6-12-8/h3-4,6H,1-2,5H2,(H,12,13,14). The van der Waals surface area contributed by atoms with Gasteiger partial charge >= 0.3 is 0 Å². The lowest BCUT2D eigenvalue weighted by atomic mass is 10.3. The molecule has 1 aromatic heterocycles. The summed E-state index contributed by atoms with van der Waals surface area (Å²) in [5, 5.41) is 2.53. The minimum absolute atomic E-state index is 0.162. The van der Waals surface area contributed by atoms with E-state index in [1.54, 1.807) is 0 Å². The molecule has 76 valence electrons. The van der Waals surface area contributed by atoms with Gasteiger partial charge in [0.1, 0.15) is 11.6 Å². The molecule has 0 aliphatic rings. The summed E-state index contributed by atoms with van der Waals surface area (Å²) in [4.78, 5) is 14.8. The van der Waals surface area contributed by atoms with Crippen LogP contribution in [0.4, 0.5) is 10.2 Å². The molecule has 0 saturated heterocycles. The average Bonchev–Trinajstić information content (AvgIpc) is 2.18. The summed E-state index contributed by atoms with van der Waals surface area (Å²) in [6.45, 7) is 0. The highest BCUT2D eigenvalue weighted by atomic mass is 35.5. The van der Waals surface area contributed by atoms with E-state index in [0.717, 1.165) is 6.20 Å². The second-order valence-corrected chi connectivity index (χ2v) is 3.08. The van der Waals surface area contributed by atoms with Crippen molar-refractivity contribution in [3.05, 3.63) is 24.1 Å². The molecule has 1 aromatic rings. The third-order valence-electron chi connectivity index (χ3n) is 1.53. The van der Waals surface area contributed by atoms with Gasteiger partial charge in [0.25, 0.3) is 0 Å². The zero-order chi connectivity index (χ0) is 10.4. The molecule has 1 amide bonds. The van der Waals surface area contributed by atoms with Crippen LogP contribution in [-0.2, 0) is 4.79 Å². The van der Waals surface area contributed by atoms with E-state index in [9.17, 15) is 9.18 Å². The maximum Gasteiger partial charge on any atom is 0.225 e. The van der Waals surface area contributed by atoms with E-state index in [2.05, 4.69) is 10.3 Å². The quantitative estimate of drug-likeness (QED) is 0.784. The molecule has 0 spiro atoms. The van der Waals surface area contributed by atoms with E-state index in [1.807, 2.05) is 0 Å². The van der Waals surface area contributed by atoms with E-state index in [4.69, 9.17) is 11.6 Å². The van der Waals surface area contributed by atoms with Gasteiger partial charge < -0.3 is 5.32 Å². The molecule has 3 nitrogen and oxygen atoms in total. The number of hydrogen-bond donors (Lipinski definition) is 1. The zero-order valence-electron chi connectivity index (χ0n) is 7.46. The fraction of sp³-hybridized carbons (Fsp3) is 0.333. The Kier molecular flexibility index (Phi) is 4.32. The van der Waals surface area contributed by atoms with Crippen LogP contribution in [0.3, 0.4) is 0 Å². The van der Waals surface area contributed by atoms with E-state index in [0.29, 0.717) is 24.5 Å². The summed E-state index contributed by atoms with van der Waals surface area (Å²) in [5.41, 5.74) is 0. The van der Waals surface area contributed by atoms with Crippen LogP contribution in [0.25, 0.3) is 0 Å². The van der Waals surface area contributed by atoms with Crippen molar-refractivity contribution in [1.29, 1.82) is 0 Å². The number of rotatable bonds is 4. The molecule has 5 heteroatoms. The fourth-order valence-corrected chi connectivity index (χ4v) is 1.02. The van der Waals surface area contributed by atoms with Crippen LogP contribution >= 0.6 is 11.6 Å². The van der Waals surface area contributed by atoms with Crippen molar-refractivity contribution in [3.63, 3.8) is 0 Å². The minimum Gasteiger partial charge on any atom is -0.311 e. The molecule has 0 radical (unpaired) electrons. The molecule has 0 aromatic carbocycles. The van der Waals surface area contributed by atoms with Gasteiger partial charge in [0.2, 0.25) is 5.91 Å². The Balaban J connectivity index is 2.44. The van der Waals surface area contributed by atoms with Crippen LogP contribution in [0.15, 0.2) is 18.3 Å². The summed E-state index contributed by atoms with van der Waals surface area (Å²) in [6.07, 6.45) is 2.02. The topological polar surface area (TPSA) is 42.0 Å². The van der Waals surface area contributed by atoms with Crippen molar-refractivity contribution >= 4 is 23.3 Å². The van der Waals surface area contributed by atoms with Gasteiger partial charge in [0.05, 0.1) is 6.20 Å². The SMILES string of the molecule is O=C(CCCCl)Nc1ccc(F)cn1. The van der Waals surface area contributed by atoms with Crippen molar-refractivity contribution < 1.29 is 9.18 Å². The Bertz CT molecular complexity index is 302. The van der Waals surface area contributed by atoms with Crippen molar-refractivity contribution in [1.82, 2.24) is 4.98 Å². The number of carbonyl (C=O) groups excluding carboxylic acids is 1. The first kappa shape index (κ1) is 10.9. The Labute approximate surface area is 86.3 Å². The normalized spacial score (nSPS) is 9.86. The van der Waals surface area contributed by atoms with Gasteiger partial charge in [-0.2, -0.15) is 0 Å². The second kappa shape index (κ2) is 5.54. The maximum atomic E-state index is 12.4. The van der Waals surface area contributed by atoms with Gasteiger partial charge in [-0.05, 0) is 18.6 Å². The van der Waals surface area contributed by atoms with Crippen LogP contribution in [0, 0.1) is 5.82 Å². The molecule has 0 aliphatic heterocycles. The van der Waals surface area contributed by atoms with Crippen LogP contribution < -0.4 is 5.32 Å². The Hall–Kier alpha value is -1.16. The lowest BCUT2D eigenvalue weighted by Gasteiger charge is -2.02. The highest BCUT2D eigenvalue weighted by Crippen LogP contribution is 2.04. The number of carbonyl (C=O) groups is 1. The molecule has 0 unspecified atom stereocenters. The molecule has 0 saturated carbocycles. The van der Waals surface area contributed by atoms with E-state index in [1.165, 1.54) is 12.1 Å². The highest BCUT2D eigenvalue weighted by Gasteiger charge is 2.02.